The highest BCUT2D eigenvalue weighted by Crippen LogP contribution is 2.39. The zero-order valence-electron chi connectivity index (χ0n) is 11.0. The van der Waals surface area contributed by atoms with Gasteiger partial charge in [0.05, 0.1) is 38.9 Å². The summed E-state index contributed by atoms with van der Waals surface area (Å²) in [6.45, 7) is 0. The van der Waals surface area contributed by atoms with Crippen LogP contribution in [0.2, 0.25) is 0 Å². The third-order valence-electron chi connectivity index (χ3n) is 2.21. The van der Waals surface area contributed by atoms with E-state index in [2.05, 4.69) is 9.47 Å². The molecule has 0 bridgehead atoms. The van der Waals surface area contributed by atoms with E-state index in [0.29, 0.717) is 15.7 Å². The van der Waals surface area contributed by atoms with Crippen LogP contribution in [0.15, 0.2) is 12.1 Å². The summed E-state index contributed by atoms with van der Waals surface area (Å²) >= 11 is 1.16. The van der Waals surface area contributed by atoms with Gasteiger partial charge < -0.3 is 18.9 Å². The second-order valence-corrected chi connectivity index (χ2v) is 4.25. The van der Waals surface area contributed by atoms with Crippen molar-refractivity contribution in [1.29, 1.82) is 0 Å². The van der Waals surface area contributed by atoms with Gasteiger partial charge in [0.2, 0.25) is 0 Å². The van der Waals surface area contributed by atoms with E-state index in [0.717, 1.165) is 17.4 Å². The molecule has 0 atom stereocenters. The Labute approximate surface area is 114 Å². The number of rotatable bonds is 5. The van der Waals surface area contributed by atoms with Crippen molar-refractivity contribution in [3.63, 3.8) is 0 Å². The van der Waals surface area contributed by atoms with Crippen LogP contribution in [0.5, 0.6) is 10.8 Å². The molecule has 1 heterocycles. The zero-order valence-corrected chi connectivity index (χ0v) is 11.8. The summed E-state index contributed by atoms with van der Waals surface area (Å²) in [5, 5.41) is 0.548. The summed E-state index contributed by atoms with van der Waals surface area (Å²) in [4.78, 5) is 23.5. The number of hydrogen-bond donors (Lipinski definition) is 0. The van der Waals surface area contributed by atoms with Gasteiger partial charge in [-0.3, -0.25) is 0 Å². The minimum absolute atomic E-state index is 0.0551. The molecule has 1 rings (SSSR count). The molecule has 1 aromatic heterocycles. The maximum atomic E-state index is 11.7. The highest BCUT2D eigenvalue weighted by atomic mass is 32.1. The van der Waals surface area contributed by atoms with Gasteiger partial charge in [-0.2, -0.15) is 0 Å². The van der Waals surface area contributed by atoms with Crippen LogP contribution < -0.4 is 9.47 Å². The minimum Gasteiger partial charge on any atom is -0.495 e. The predicted octanol–water partition coefficient (Wildman–Crippen LogP) is 1.49. The maximum Gasteiger partial charge on any atom is 0.339 e. The first-order chi connectivity index (χ1) is 9.07. The van der Waals surface area contributed by atoms with E-state index < -0.39 is 11.9 Å². The van der Waals surface area contributed by atoms with Gasteiger partial charge in [-0.1, -0.05) is 11.3 Å². The van der Waals surface area contributed by atoms with Crippen molar-refractivity contribution < 1.29 is 28.5 Å². The largest absolute Gasteiger partial charge is 0.495 e. The van der Waals surface area contributed by atoms with Crippen LogP contribution >= 0.6 is 11.3 Å². The summed E-state index contributed by atoms with van der Waals surface area (Å²) in [7, 11) is 5.40. The standard InChI is InChI=1S/C12H14O6S/c1-15-8-6-10(17-3)19-11(8)7(12(14)18-4)5-9(13)16-2/h5-6H,1-4H3/b7-5-. The summed E-state index contributed by atoms with van der Waals surface area (Å²) in [6.07, 6.45) is 1.06. The quantitative estimate of drug-likeness (QED) is 0.603. The van der Waals surface area contributed by atoms with Gasteiger partial charge in [-0.25, -0.2) is 9.59 Å². The molecule has 0 unspecified atom stereocenters. The van der Waals surface area contributed by atoms with Gasteiger partial charge in [0.25, 0.3) is 0 Å². The van der Waals surface area contributed by atoms with E-state index in [1.54, 1.807) is 6.07 Å². The van der Waals surface area contributed by atoms with Crippen LogP contribution in [-0.4, -0.2) is 40.4 Å². The van der Waals surface area contributed by atoms with Crippen molar-refractivity contribution in [3.05, 3.63) is 17.0 Å². The minimum atomic E-state index is -0.659. The molecule has 6 nitrogen and oxygen atoms in total. The Bertz CT molecular complexity index is 502. The zero-order chi connectivity index (χ0) is 14.4. The molecular weight excluding hydrogens is 272 g/mol. The number of carbonyl (C=O) groups is 2. The monoisotopic (exact) mass is 286 g/mol. The van der Waals surface area contributed by atoms with E-state index >= 15 is 0 Å². The second kappa shape index (κ2) is 6.79. The summed E-state index contributed by atoms with van der Waals surface area (Å²) in [5.41, 5.74) is 0.0551. The van der Waals surface area contributed by atoms with E-state index in [9.17, 15) is 9.59 Å². The Morgan fingerprint density at radius 1 is 1.11 bits per heavy atom. The first-order valence-electron chi connectivity index (χ1n) is 5.17. The molecule has 104 valence electrons. The van der Waals surface area contributed by atoms with E-state index in [4.69, 9.17) is 9.47 Å². The summed E-state index contributed by atoms with van der Waals surface area (Å²) in [6, 6.07) is 1.62. The van der Waals surface area contributed by atoms with Crippen LogP contribution in [0, 0.1) is 0 Å². The number of esters is 2. The molecule has 0 aliphatic carbocycles. The lowest BCUT2D eigenvalue weighted by Gasteiger charge is -2.05. The molecule has 19 heavy (non-hydrogen) atoms. The van der Waals surface area contributed by atoms with Crippen LogP contribution in [0.3, 0.4) is 0 Å². The summed E-state index contributed by atoms with van der Waals surface area (Å²) < 4.78 is 19.4. The molecule has 7 heteroatoms. The smallest absolute Gasteiger partial charge is 0.339 e. The Hall–Kier alpha value is -2.02. The average molecular weight is 286 g/mol. The van der Waals surface area contributed by atoms with Crippen molar-refractivity contribution in [2.45, 2.75) is 0 Å². The number of hydrogen-bond acceptors (Lipinski definition) is 7. The first-order valence-corrected chi connectivity index (χ1v) is 5.99. The normalized spacial score (nSPS) is 10.8. The lowest BCUT2D eigenvalue weighted by molar-refractivity contribution is -0.136. The van der Waals surface area contributed by atoms with E-state index in [1.165, 1.54) is 28.4 Å². The lowest BCUT2D eigenvalue weighted by atomic mass is 10.2. The lowest BCUT2D eigenvalue weighted by Crippen LogP contribution is -2.07. The van der Waals surface area contributed by atoms with Crippen molar-refractivity contribution in [2.24, 2.45) is 0 Å². The fourth-order valence-corrected chi connectivity index (χ4v) is 2.24. The molecule has 0 aliphatic rings. The number of carbonyl (C=O) groups excluding carboxylic acids is 2. The van der Waals surface area contributed by atoms with Crippen molar-refractivity contribution in [2.75, 3.05) is 28.4 Å². The van der Waals surface area contributed by atoms with Crippen molar-refractivity contribution >= 4 is 28.8 Å². The predicted molar refractivity (Wildman–Crippen MR) is 69.4 cm³/mol. The Morgan fingerprint density at radius 2 is 1.79 bits per heavy atom. The van der Waals surface area contributed by atoms with Crippen LogP contribution in [0.25, 0.3) is 5.57 Å². The molecular formula is C12H14O6S. The molecule has 0 saturated heterocycles. The van der Waals surface area contributed by atoms with Gasteiger partial charge in [0.15, 0.2) is 5.06 Å². The highest BCUT2D eigenvalue weighted by Gasteiger charge is 2.22. The first kappa shape index (κ1) is 15.0. The molecule has 0 saturated carbocycles. The number of thiophene rings is 1. The van der Waals surface area contributed by atoms with Gasteiger partial charge in [-0.05, 0) is 0 Å². The maximum absolute atomic E-state index is 11.7. The van der Waals surface area contributed by atoms with Gasteiger partial charge >= 0.3 is 11.9 Å². The molecule has 0 N–H and O–H groups in total. The van der Waals surface area contributed by atoms with E-state index in [1.807, 2.05) is 0 Å². The molecule has 0 spiro atoms. The van der Waals surface area contributed by atoms with Crippen LogP contribution in [0.4, 0.5) is 0 Å². The molecule has 0 amide bonds. The van der Waals surface area contributed by atoms with Gasteiger partial charge in [-0.15, -0.1) is 0 Å². The Balaban J connectivity index is 3.32. The van der Waals surface area contributed by atoms with Crippen molar-refractivity contribution in [3.8, 4) is 10.8 Å². The molecule has 0 fully saturated rings. The van der Waals surface area contributed by atoms with Crippen LogP contribution in [0.1, 0.15) is 4.88 Å². The molecule has 1 aromatic rings. The number of methoxy groups -OCH3 is 4. The fraction of sp³-hybridized carbons (Fsp3) is 0.333. The van der Waals surface area contributed by atoms with Crippen LogP contribution in [-0.2, 0) is 19.1 Å². The Morgan fingerprint density at radius 3 is 2.26 bits per heavy atom. The van der Waals surface area contributed by atoms with Gasteiger partial charge in [0, 0.05) is 12.1 Å². The number of ether oxygens (including phenoxy) is 4. The highest BCUT2D eigenvalue weighted by molar-refractivity contribution is 7.15. The fourth-order valence-electron chi connectivity index (χ4n) is 1.30. The third kappa shape index (κ3) is 3.47. The molecule has 0 aliphatic heterocycles. The Kier molecular flexibility index (Phi) is 5.37. The average Bonchev–Trinajstić information content (AvgIpc) is 2.86. The summed E-state index contributed by atoms with van der Waals surface area (Å²) in [5.74, 6) is -0.898. The topological polar surface area (TPSA) is 71.1 Å². The second-order valence-electron chi connectivity index (χ2n) is 3.24. The van der Waals surface area contributed by atoms with Crippen molar-refractivity contribution in [1.82, 2.24) is 0 Å². The SMILES string of the molecule is COC(=O)/C=C(\C(=O)OC)c1sc(OC)cc1OC. The molecule has 0 aromatic carbocycles. The third-order valence-corrected chi connectivity index (χ3v) is 3.32. The van der Waals surface area contributed by atoms with E-state index in [-0.39, 0.29) is 5.57 Å². The van der Waals surface area contributed by atoms with Gasteiger partial charge in [0.1, 0.15) is 5.75 Å². The molecule has 0 radical (unpaired) electrons.